The van der Waals surface area contributed by atoms with Crippen molar-refractivity contribution in [2.24, 2.45) is 4.99 Å². The van der Waals surface area contributed by atoms with Gasteiger partial charge in [-0.2, -0.15) is 4.99 Å². The quantitative estimate of drug-likeness (QED) is 0.591. The van der Waals surface area contributed by atoms with Gasteiger partial charge in [-0.3, -0.25) is 0 Å². The van der Waals surface area contributed by atoms with Crippen molar-refractivity contribution in [3.8, 4) is 17.2 Å². The zero-order chi connectivity index (χ0) is 16.9. The first-order valence-corrected chi connectivity index (χ1v) is 7.97. The molecule has 0 aromatic heterocycles. The van der Waals surface area contributed by atoms with Gasteiger partial charge in [-0.05, 0) is 48.7 Å². The standard InChI is InChI=1S/C19H19NO4/c1-3-22-19-10-13(2)17-9-8-16(11-18(17)24-19)23-15-6-4-14(5-7-15)20-12-21/h4-9,11,13,19H,3,10H2,1-2H3. The molecule has 3 rings (SSSR count). The largest absolute Gasteiger partial charge is 0.464 e. The summed E-state index contributed by atoms with van der Waals surface area (Å²) < 4.78 is 17.4. The Labute approximate surface area is 140 Å². The topological polar surface area (TPSA) is 57.1 Å². The number of isocyanates is 1. The summed E-state index contributed by atoms with van der Waals surface area (Å²) in [6, 6.07) is 12.7. The van der Waals surface area contributed by atoms with Crippen LogP contribution in [-0.2, 0) is 9.53 Å². The summed E-state index contributed by atoms with van der Waals surface area (Å²) in [5.41, 5.74) is 1.70. The van der Waals surface area contributed by atoms with Crippen molar-refractivity contribution in [1.29, 1.82) is 0 Å². The Hall–Kier alpha value is -2.62. The average molecular weight is 325 g/mol. The van der Waals surface area contributed by atoms with Crippen molar-refractivity contribution in [1.82, 2.24) is 0 Å². The number of carbonyl (C=O) groups excluding carboxylic acids is 1. The third-order valence-corrected chi connectivity index (χ3v) is 3.92. The van der Waals surface area contributed by atoms with Gasteiger partial charge in [0.1, 0.15) is 17.2 Å². The molecule has 1 aliphatic rings. The molecule has 0 spiro atoms. The second-order valence-electron chi connectivity index (χ2n) is 5.64. The van der Waals surface area contributed by atoms with E-state index >= 15 is 0 Å². The van der Waals surface area contributed by atoms with Gasteiger partial charge < -0.3 is 14.2 Å². The van der Waals surface area contributed by atoms with Crippen LogP contribution in [0.3, 0.4) is 0 Å². The van der Waals surface area contributed by atoms with Gasteiger partial charge in [-0.25, -0.2) is 4.79 Å². The summed E-state index contributed by atoms with van der Waals surface area (Å²) in [5, 5.41) is 0. The fourth-order valence-corrected chi connectivity index (χ4v) is 2.76. The second-order valence-corrected chi connectivity index (χ2v) is 5.64. The van der Waals surface area contributed by atoms with E-state index in [1.165, 1.54) is 6.08 Å². The summed E-state index contributed by atoms with van der Waals surface area (Å²) in [4.78, 5) is 13.8. The molecule has 2 atom stereocenters. The van der Waals surface area contributed by atoms with Gasteiger partial charge in [0.2, 0.25) is 6.08 Å². The van der Waals surface area contributed by atoms with E-state index in [0.29, 0.717) is 29.7 Å². The lowest BCUT2D eigenvalue weighted by atomic mass is 9.94. The summed E-state index contributed by atoms with van der Waals surface area (Å²) in [6.07, 6.45) is 2.14. The number of nitrogens with zero attached hydrogens (tertiary/aromatic N) is 1. The van der Waals surface area contributed by atoms with Crippen LogP contribution >= 0.6 is 0 Å². The molecular weight excluding hydrogens is 306 g/mol. The highest BCUT2D eigenvalue weighted by molar-refractivity contribution is 5.51. The Kier molecular flexibility index (Phi) is 4.94. The minimum atomic E-state index is -0.215. The van der Waals surface area contributed by atoms with Gasteiger partial charge >= 0.3 is 0 Å². The van der Waals surface area contributed by atoms with Gasteiger partial charge in [0.25, 0.3) is 0 Å². The SMILES string of the molecule is CCOC1CC(C)c2ccc(Oc3ccc(N=C=O)cc3)cc2O1. The lowest BCUT2D eigenvalue weighted by Gasteiger charge is -2.30. The van der Waals surface area contributed by atoms with Gasteiger partial charge in [-0.1, -0.05) is 13.0 Å². The number of benzene rings is 2. The number of hydrogen-bond acceptors (Lipinski definition) is 5. The number of rotatable bonds is 5. The van der Waals surface area contributed by atoms with E-state index in [9.17, 15) is 4.79 Å². The molecule has 0 bridgehead atoms. The fourth-order valence-electron chi connectivity index (χ4n) is 2.76. The van der Waals surface area contributed by atoms with Crippen molar-refractivity contribution in [3.05, 3.63) is 48.0 Å². The van der Waals surface area contributed by atoms with Gasteiger partial charge in [-0.15, -0.1) is 0 Å². The van der Waals surface area contributed by atoms with Gasteiger partial charge in [0.05, 0.1) is 5.69 Å². The van der Waals surface area contributed by atoms with Crippen molar-refractivity contribution in [3.63, 3.8) is 0 Å². The molecule has 0 saturated heterocycles. The summed E-state index contributed by atoms with van der Waals surface area (Å²) >= 11 is 0. The van der Waals surface area contributed by atoms with Crippen molar-refractivity contribution in [2.45, 2.75) is 32.5 Å². The van der Waals surface area contributed by atoms with Gasteiger partial charge in [0, 0.05) is 19.1 Å². The van der Waals surface area contributed by atoms with Crippen LogP contribution in [0.2, 0.25) is 0 Å². The molecule has 0 aliphatic carbocycles. The maximum atomic E-state index is 10.2. The summed E-state index contributed by atoms with van der Waals surface area (Å²) in [6.45, 7) is 4.75. The normalized spacial score (nSPS) is 18.9. The Morgan fingerprint density at radius 1 is 1.21 bits per heavy atom. The minimum absolute atomic E-state index is 0.215. The Morgan fingerprint density at radius 2 is 1.96 bits per heavy atom. The number of aliphatic imine (C=N–C) groups is 1. The summed E-state index contributed by atoms with van der Waals surface area (Å²) in [5.74, 6) is 2.52. The molecule has 5 nitrogen and oxygen atoms in total. The molecule has 2 unspecified atom stereocenters. The lowest BCUT2D eigenvalue weighted by Crippen LogP contribution is -2.27. The third-order valence-electron chi connectivity index (χ3n) is 3.92. The highest BCUT2D eigenvalue weighted by atomic mass is 16.7. The molecule has 0 saturated carbocycles. The van der Waals surface area contributed by atoms with E-state index in [1.54, 1.807) is 24.3 Å². The van der Waals surface area contributed by atoms with Crippen LogP contribution in [0.5, 0.6) is 17.2 Å². The predicted molar refractivity (Wildman–Crippen MR) is 89.8 cm³/mol. The Morgan fingerprint density at radius 3 is 2.67 bits per heavy atom. The molecule has 0 amide bonds. The smallest absolute Gasteiger partial charge is 0.240 e. The van der Waals surface area contributed by atoms with E-state index in [4.69, 9.17) is 14.2 Å². The number of fused-ring (bicyclic) bond motifs is 1. The van der Waals surface area contributed by atoms with Crippen LogP contribution in [0.25, 0.3) is 0 Å². The number of ether oxygens (including phenoxy) is 3. The molecule has 24 heavy (non-hydrogen) atoms. The maximum Gasteiger partial charge on any atom is 0.240 e. The number of hydrogen-bond donors (Lipinski definition) is 0. The first-order valence-electron chi connectivity index (χ1n) is 7.97. The monoisotopic (exact) mass is 325 g/mol. The van der Waals surface area contributed by atoms with Crippen molar-refractivity contribution >= 4 is 11.8 Å². The Balaban J connectivity index is 1.78. The molecule has 2 aromatic rings. The zero-order valence-corrected chi connectivity index (χ0v) is 13.7. The molecule has 124 valence electrons. The van der Waals surface area contributed by atoms with E-state index in [1.807, 2.05) is 25.1 Å². The first-order chi connectivity index (χ1) is 11.7. The zero-order valence-electron chi connectivity index (χ0n) is 13.7. The van der Waals surface area contributed by atoms with Crippen LogP contribution in [0.1, 0.15) is 31.7 Å². The highest BCUT2D eigenvalue weighted by Gasteiger charge is 2.26. The molecule has 0 radical (unpaired) electrons. The van der Waals surface area contributed by atoms with Crippen molar-refractivity contribution < 1.29 is 19.0 Å². The van der Waals surface area contributed by atoms with Crippen molar-refractivity contribution in [2.75, 3.05) is 6.61 Å². The van der Waals surface area contributed by atoms with E-state index < -0.39 is 0 Å². The molecule has 0 N–H and O–H groups in total. The average Bonchev–Trinajstić information content (AvgIpc) is 2.57. The predicted octanol–water partition coefficient (Wildman–Crippen LogP) is 4.69. The van der Waals surface area contributed by atoms with E-state index in [-0.39, 0.29) is 6.29 Å². The minimum Gasteiger partial charge on any atom is -0.464 e. The fraction of sp³-hybridized carbons (Fsp3) is 0.316. The first kappa shape index (κ1) is 16.2. The molecule has 2 aromatic carbocycles. The lowest BCUT2D eigenvalue weighted by molar-refractivity contribution is -0.0906. The Bertz CT molecular complexity index is 750. The van der Waals surface area contributed by atoms with Gasteiger partial charge in [0.15, 0.2) is 6.29 Å². The van der Waals surface area contributed by atoms with Crippen LogP contribution in [0, 0.1) is 0 Å². The van der Waals surface area contributed by atoms with Crippen LogP contribution in [0.4, 0.5) is 5.69 Å². The molecule has 0 fully saturated rings. The third kappa shape index (κ3) is 3.65. The second kappa shape index (κ2) is 7.30. The van der Waals surface area contributed by atoms with E-state index in [2.05, 4.69) is 11.9 Å². The maximum absolute atomic E-state index is 10.2. The van der Waals surface area contributed by atoms with Crippen LogP contribution in [0.15, 0.2) is 47.5 Å². The van der Waals surface area contributed by atoms with Crippen LogP contribution < -0.4 is 9.47 Å². The molecular formula is C19H19NO4. The highest BCUT2D eigenvalue weighted by Crippen LogP contribution is 2.39. The summed E-state index contributed by atoms with van der Waals surface area (Å²) in [7, 11) is 0. The molecule has 1 aliphatic heterocycles. The molecule has 5 heteroatoms. The van der Waals surface area contributed by atoms with Crippen LogP contribution in [-0.4, -0.2) is 19.0 Å². The molecule has 1 heterocycles. The van der Waals surface area contributed by atoms with E-state index in [0.717, 1.165) is 17.7 Å².